The first-order valence-corrected chi connectivity index (χ1v) is 6.49. The molecule has 18 heavy (non-hydrogen) atoms. The van der Waals surface area contributed by atoms with Crippen LogP contribution in [0.15, 0.2) is 24.3 Å². The van der Waals surface area contributed by atoms with Gasteiger partial charge in [0.1, 0.15) is 5.82 Å². The summed E-state index contributed by atoms with van der Waals surface area (Å²) in [6.45, 7) is 0. The van der Waals surface area contributed by atoms with Gasteiger partial charge in [-0.3, -0.25) is 0 Å². The van der Waals surface area contributed by atoms with Gasteiger partial charge in [-0.25, -0.2) is 9.97 Å². The Morgan fingerprint density at radius 1 is 1.17 bits per heavy atom. The van der Waals surface area contributed by atoms with Crippen LogP contribution in [0.1, 0.15) is 24.5 Å². The maximum atomic E-state index is 6.17. The molecule has 1 aliphatic rings. The van der Waals surface area contributed by atoms with Gasteiger partial charge in [-0.1, -0.05) is 29.3 Å². The molecule has 3 rings (SSSR count). The van der Waals surface area contributed by atoms with E-state index in [4.69, 9.17) is 28.9 Å². The van der Waals surface area contributed by atoms with E-state index in [1.54, 1.807) is 6.07 Å². The topological polar surface area (TPSA) is 51.8 Å². The minimum atomic E-state index is 0.464. The van der Waals surface area contributed by atoms with Crippen molar-refractivity contribution in [3.63, 3.8) is 0 Å². The number of hydrogen-bond acceptors (Lipinski definition) is 3. The number of anilines is 1. The number of benzene rings is 1. The second-order valence-electron chi connectivity index (χ2n) is 4.42. The Bertz CT molecular complexity index is 609. The van der Waals surface area contributed by atoms with E-state index < -0.39 is 0 Å². The van der Waals surface area contributed by atoms with Crippen LogP contribution in [0.3, 0.4) is 0 Å². The van der Waals surface area contributed by atoms with E-state index >= 15 is 0 Å². The monoisotopic (exact) mass is 279 g/mol. The molecule has 0 amide bonds. The standard InChI is InChI=1S/C13H11Cl2N3/c14-9-3-1-2-8(12(9)15)13-17-10(7-4-5-7)6-11(16)18-13/h1-3,6-7H,4-5H2,(H2,16,17,18). The zero-order valence-corrected chi connectivity index (χ0v) is 11.0. The molecule has 0 saturated heterocycles. The molecular weight excluding hydrogens is 269 g/mol. The molecule has 3 nitrogen and oxygen atoms in total. The Labute approximate surface area is 115 Å². The number of nitrogens with two attached hydrogens (primary N) is 1. The molecule has 0 unspecified atom stereocenters. The fraction of sp³-hybridized carbons (Fsp3) is 0.231. The summed E-state index contributed by atoms with van der Waals surface area (Å²) in [5, 5.41) is 0.958. The number of nitrogen functional groups attached to an aromatic ring is 1. The molecular formula is C13H11Cl2N3. The van der Waals surface area contributed by atoms with Gasteiger partial charge in [0, 0.05) is 23.2 Å². The molecule has 0 atom stereocenters. The van der Waals surface area contributed by atoms with Gasteiger partial charge in [0.25, 0.3) is 0 Å². The van der Waals surface area contributed by atoms with Crippen molar-refractivity contribution >= 4 is 29.0 Å². The average Bonchev–Trinajstić information content (AvgIpc) is 3.16. The highest BCUT2D eigenvalue weighted by atomic mass is 35.5. The molecule has 0 radical (unpaired) electrons. The fourth-order valence-corrected chi connectivity index (χ4v) is 2.26. The predicted molar refractivity (Wildman–Crippen MR) is 73.9 cm³/mol. The molecule has 0 spiro atoms. The highest BCUT2D eigenvalue weighted by Gasteiger charge is 2.26. The summed E-state index contributed by atoms with van der Waals surface area (Å²) in [4.78, 5) is 8.77. The first-order valence-electron chi connectivity index (χ1n) is 5.74. The quantitative estimate of drug-likeness (QED) is 0.907. The van der Waals surface area contributed by atoms with E-state index in [0.717, 1.165) is 11.3 Å². The third kappa shape index (κ3) is 2.16. The molecule has 2 aromatic rings. The van der Waals surface area contributed by atoms with Crippen molar-refractivity contribution in [2.75, 3.05) is 5.73 Å². The molecule has 1 aromatic carbocycles. The summed E-state index contributed by atoms with van der Waals surface area (Å²) in [5.41, 5.74) is 7.54. The maximum Gasteiger partial charge on any atom is 0.163 e. The molecule has 0 bridgehead atoms. The lowest BCUT2D eigenvalue weighted by atomic mass is 10.2. The van der Waals surface area contributed by atoms with E-state index in [1.165, 1.54) is 12.8 Å². The van der Waals surface area contributed by atoms with Crippen molar-refractivity contribution in [1.82, 2.24) is 9.97 Å². The maximum absolute atomic E-state index is 6.17. The van der Waals surface area contributed by atoms with Gasteiger partial charge in [-0.05, 0) is 25.0 Å². The lowest BCUT2D eigenvalue weighted by Crippen LogP contribution is -2.00. The van der Waals surface area contributed by atoms with Gasteiger partial charge < -0.3 is 5.73 Å². The minimum Gasteiger partial charge on any atom is -0.384 e. The number of rotatable bonds is 2. The highest BCUT2D eigenvalue weighted by molar-refractivity contribution is 6.43. The number of hydrogen-bond donors (Lipinski definition) is 1. The van der Waals surface area contributed by atoms with E-state index in [-0.39, 0.29) is 0 Å². The van der Waals surface area contributed by atoms with Gasteiger partial charge in [0.05, 0.1) is 10.0 Å². The largest absolute Gasteiger partial charge is 0.384 e. The van der Waals surface area contributed by atoms with Crippen LogP contribution in [0.25, 0.3) is 11.4 Å². The van der Waals surface area contributed by atoms with Crippen LogP contribution in [-0.4, -0.2) is 9.97 Å². The highest BCUT2D eigenvalue weighted by Crippen LogP contribution is 2.40. The lowest BCUT2D eigenvalue weighted by Gasteiger charge is -2.07. The van der Waals surface area contributed by atoms with Crippen LogP contribution in [0.5, 0.6) is 0 Å². The van der Waals surface area contributed by atoms with Crippen molar-refractivity contribution in [2.45, 2.75) is 18.8 Å². The molecule has 1 aromatic heterocycles. The molecule has 92 valence electrons. The number of nitrogens with zero attached hydrogens (tertiary/aromatic N) is 2. The normalized spacial score (nSPS) is 14.8. The van der Waals surface area contributed by atoms with Gasteiger partial charge >= 0.3 is 0 Å². The van der Waals surface area contributed by atoms with Crippen molar-refractivity contribution in [2.24, 2.45) is 0 Å². The van der Waals surface area contributed by atoms with Crippen LogP contribution >= 0.6 is 23.2 Å². The molecule has 2 N–H and O–H groups in total. The Hall–Kier alpha value is -1.32. The first-order chi connectivity index (χ1) is 8.65. The van der Waals surface area contributed by atoms with Crippen LogP contribution < -0.4 is 5.73 Å². The number of halogens is 2. The average molecular weight is 280 g/mol. The van der Waals surface area contributed by atoms with Crippen LogP contribution in [0, 0.1) is 0 Å². The van der Waals surface area contributed by atoms with Crippen molar-refractivity contribution in [1.29, 1.82) is 0 Å². The third-order valence-corrected chi connectivity index (χ3v) is 3.77. The molecule has 1 heterocycles. The zero-order chi connectivity index (χ0) is 12.7. The first kappa shape index (κ1) is 11.8. The summed E-state index contributed by atoms with van der Waals surface area (Å²) >= 11 is 12.2. The van der Waals surface area contributed by atoms with E-state index in [9.17, 15) is 0 Å². The SMILES string of the molecule is Nc1cc(C2CC2)nc(-c2cccc(Cl)c2Cl)n1. The summed E-state index contributed by atoms with van der Waals surface area (Å²) in [5.74, 6) is 1.54. The van der Waals surface area contributed by atoms with Crippen molar-refractivity contribution in [3.05, 3.63) is 40.0 Å². The summed E-state index contributed by atoms with van der Waals surface area (Å²) in [6, 6.07) is 7.24. The third-order valence-electron chi connectivity index (χ3n) is 2.95. The van der Waals surface area contributed by atoms with Crippen LogP contribution in [-0.2, 0) is 0 Å². The van der Waals surface area contributed by atoms with Crippen molar-refractivity contribution in [3.8, 4) is 11.4 Å². The Morgan fingerprint density at radius 2 is 1.94 bits per heavy atom. The molecule has 5 heteroatoms. The van der Waals surface area contributed by atoms with Crippen LogP contribution in [0.2, 0.25) is 10.0 Å². The van der Waals surface area contributed by atoms with E-state index in [2.05, 4.69) is 9.97 Å². The molecule has 0 aliphatic heterocycles. The zero-order valence-electron chi connectivity index (χ0n) is 9.53. The Kier molecular flexibility index (Phi) is 2.88. The van der Waals surface area contributed by atoms with Gasteiger partial charge in [0.2, 0.25) is 0 Å². The lowest BCUT2D eigenvalue weighted by molar-refractivity contribution is 0.998. The molecule has 1 saturated carbocycles. The molecule has 1 fully saturated rings. The fourth-order valence-electron chi connectivity index (χ4n) is 1.87. The van der Waals surface area contributed by atoms with Gasteiger partial charge in [-0.15, -0.1) is 0 Å². The second-order valence-corrected chi connectivity index (χ2v) is 5.20. The van der Waals surface area contributed by atoms with Crippen molar-refractivity contribution < 1.29 is 0 Å². The Morgan fingerprint density at radius 3 is 2.67 bits per heavy atom. The predicted octanol–water partition coefficient (Wildman–Crippen LogP) is 3.91. The summed E-state index contributed by atoms with van der Waals surface area (Å²) < 4.78 is 0. The van der Waals surface area contributed by atoms with Gasteiger partial charge in [-0.2, -0.15) is 0 Å². The smallest absolute Gasteiger partial charge is 0.163 e. The minimum absolute atomic E-state index is 0.464. The molecule has 1 aliphatic carbocycles. The van der Waals surface area contributed by atoms with Crippen LogP contribution in [0.4, 0.5) is 5.82 Å². The second kappa shape index (κ2) is 4.41. The summed E-state index contributed by atoms with van der Waals surface area (Å²) in [7, 11) is 0. The van der Waals surface area contributed by atoms with E-state index in [0.29, 0.717) is 27.6 Å². The number of aromatic nitrogens is 2. The Balaban J connectivity index is 2.13. The van der Waals surface area contributed by atoms with E-state index in [1.807, 2.05) is 18.2 Å². The summed E-state index contributed by atoms with van der Waals surface area (Å²) in [6.07, 6.45) is 2.33. The van der Waals surface area contributed by atoms with Gasteiger partial charge in [0.15, 0.2) is 5.82 Å².